The molecular formula is C14H20BrNO3. The molecule has 1 amide bonds. The minimum atomic E-state index is -1.12. The molecule has 0 aliphatic heterocycles. The van der Waals surface area contributed by atoms with Crippen LogP contribution >= 0.6 is 15.9 Å². The molecule has 0 aliphatic rings. The first kappa shape index (κ1) is 16.0. The number of rotatable bonds is 4. The van der Waals surface area contributed by atoms with Gasteiger partial charge in [0.15, 0.2) is 0 Å². The van der Waals surface area contributed by atoms with Gasteiger partial charge in [0.05, 0.1) is 12.1 Å². The summed E-state index contributed by atoms with van der Waals surface area (Å²) in [5, 5.41) is 21.3. The summed E-state index contributed by atoms with van der Waals surface area (Å²) in [6, 6.07) is 7.65. The summed E-state index contributed by atoms with van der Waals surface area (Å²) in [6.45, 7) is 5.49. The lowest BCUT2D eigenvalue weighted by Gasteiger charge is -2.43. The molecular weight excluding hydrogens is 310 g/mol. The summed E-state index contributed by atoms with van der Waals surface area (Å²) in [4.78, 5) is 11.0. The zero-order valence-corrected chi connectivity index (χ0v) is 13.0. The quantitative estimate of drug-likeness (QED) is 0.795. The largest absolute Gasteiger partial charge is 0.465 e. The molecule has 0 unspecified atom stereocenters. The van der Waals surface area contributed by atoms with Gasteiger partial charge in [-0.25, -0.2) is 4.79 Å². The third-order valence-corrected chi connectivity index (χ3v) is 4.00. The van der Waals surface area contributed by atoms with Gasteiger partial charge < -0.3 is 15.5 Å². The van der Waals surface area contributed by atoms with Crippen LogP contribution in [0.2, 0.25) is 0 Å². The van der Waals surface area contributed by atoms with Crippen LogP contribution in [0.4, 0.5) is 4.79 Å². The van der Waals surface area contributed by atoms with Crippen LogP contribution in [0.15, 0.2) is 28.7 Å². The summed E-state index contributed by atoms with van der Waals surface area (Å²) in [5.74, 6) is 0. The van der Waals surface area contributed by atoms with Crippen LogP contribution in [0.25, 0.3) is 0 Å². The second-order valence-electron chi connectivity index (χ2n) is 5.72. The van der Waals surface area contributed by atoms with Gasteiger partial charge in [-0.15, -0.1) is 0 Å². The molecule has 0 fully saturated rings. The standard InChI is InChI=1S/C14H20BrNO3/c1-13(2,3)14(9-17,16-12(18)19)8-10-4-6-11(15)7-5-10/h4-7,16-17H,8-9H2,1-3H3,(H,18,19)/t14-/m1/s1. The van der Waals surface area contributed by atoms with Crippen molar-refractivity contribution >= 4 is 22.0 Å². The summed E-state index contributed by atoms with van der Waals surface area (Å²) >= 11 is 3.36. The zero-order chi connectivity index (χ0) is 14.7. The number of halogens is 1. The molecule has 19 heavy (non-hydrogen) atoms. The fourth-order valence-corrected chi connectivity index (χ4v) is 2.25. The Bertz CT molecular complexity index is 439. The van der Waals surface area contributed by atoms with Crippen LogP contribution in [-0.4, -0.2) is 28.5 Å². The highest BCUT2D eigenvalue weighted by Gasteiger charge is 2.43. The zero-order valence-electron chi connectivity index (χ0n) is 11.4. The summed E-state index contributed by atoms with van der Waals surface area (Å²) in [7, 11) is 0. The number of aliphatic hydroxyl groups excluding tert-OH is 1. The maximum Gasteiger partial charge on any atom is 0.405 e. The van der Waals surface area contributed by atoms with E-state index in [9.17, 15) is 9.90 Å². The highest BCUT2D eigenvalue weighted by molar-refractivity contribution is 9.10. The van der Waals surface area contributed by atoms with E-state index < -0.39 is 17.0 Å². The second kappa shape index (κ2) is 5.92. The van der Waals surface area contributed by atoms with Crippen LogP contribution in [0.3, 0.4) is 0 Å². The Morgan fingerprint density at radius 2 is 1.79 bits per heavy atom. The molecule has 0 radical (unpaired) electrons. The second-order valence-corrected chi connectivity index (χ2v) is 6.64. The fourth-order valence-electron chi connectivity index (χ4n) is 1.98. The SMILES string of the molecule is CC(C)(C)[C@](CO)(Cc1ccc(Br)cc1)NC(=O)O. The van der Waals surface area contributed by atoms with Gasteiger partial charge >= 0.3 is 6.09 Å². The van der Waals surface area contributed by atoms with E-state index in [0.29, 0.717) is 6.42 Å². The van der Waals surface area contributed by atoms with Crippen molar-refractivity contribution < 1.29 is 15.0 Å². The average molecular weight is 330 g/mol. The van der Waals surface area contributed by atoms with Crippen LogP contribution < -0.4 is 5.32 Å². The van der Waals surface area contributed by atoms with Crippen molar-refractivity contribution in [2.75, 3.05) is 6.61 Å². The summed E-state index contributed by atoms with van der Waals surface area (Å²) in [6.07, 6.45) is -0.687. The minimum Gasteiger partial charge on any atom is -0.465 e. The van der Waals surface area contributed by atoms with Crippen LogP contribution in [0, 0.1) is 5.41 Å². The number of hydrogen-bond acceptors (Lipinski definition) is 2. The van der Waals surface area contributed by atoms with Gasteiger partial charge in [-0.1, -0.05) is 48.8 Å². The summed E-state index contributed by atoms with van der Waals surface area (Å²) in [5.41, 5.74) is -0.346. The number of carboxylic acid groups (broad SMARTS) is 1. The van der Waals surface area contributed by atoms with Crippen molar-refractivity contribution in [3.63, 3.8) is 0 Å². The molecule has 0 saturated carbocycles. The molecule has 106 valence electrons. The average Bonchev–Trinajstić information content (AvgIpc) is 2.29. The number of amides is 1. The normalized spacial score (nSPS) is 14.8. The van der Waals surface area contributed by atoms with Crippen LogP contribution in [0.1, 0.15) is 26.3 Å². The number of aliphatic hydroxyl groups is 1. The van der Waals surface area contributed by atoms with Crippen molar-refractivity contribution in [2.45, 2.75) is 32.7 Å². The first-order valence-electron chi connectivity index (χ1n) is 6.06. The Labute approximate surface area is 122 Å². The molecule has 1 atom stereocenters. The Kier molecular flexibility index (Phi) is 4.98. The molecule has 0 saturated heterocycles. The number of nitrogens with one attached hydrogen (secondary N) is 1. The predicted octanol–water partition coefficient (Wildman–Crippen LogP) is 3.04. The minimum absolute atomic E-state index is 0.251. The van der Waals surface area contributed by atoms with E-state index in [-0.39, 0.29) is 6.61 Å². The summed E-state index contributed by atoms with van der Waals surface area (Å²) < 4.78 is 0.966. The molecule has 1 aromatic carbocycles. The van der Waals surface area contributed by atoms with Crippen molar-refractivity contribution in [2.24, 2.45) is 5.41 Å². The number of carbonyl (C=O) groups is 1. The van der Waals surface area contributed by atoms with Crippen LogP contribution in [0.5, 0.6) is 0 Å². The third kappa shape index (κ3) is 3.94. The molecule has 0 spiro atoms. The van der Waals surface area contributed by atoms with E-state index in [2.05, 4.69) is 21.2 Å². The van der Waals surface area contributed by atoms with Gasteiger partial charge in [0.2, 0.25) is 0 Å². The molecule has 0 aromatic heterocycles. The number of benzene rings is 1. The fraction of sp³-hybridized carbons (Fsp3) is 0.500. The highest BCUT2D eigenvalue weighted by Crippen LogP contribution is 2.33. The van der Waals surface area contributed by atoms with Gasteiger partial charge in [0, 0.05) is 4.47 Å². The number of hydrogen-bond donors (Lipinski definition) is 3. The first-order chi connectivity index (χ1) is 8.70. The van der Waals surface area contributed by atoms with E-state index in [1.807, 2.05) is 45.0 Å². The molecule has 1 rings (SSSR count). The Morgan fingerprint density at radius 3 is 2.16 bits per heavy atom. The van der Waals surface area contributed by atoms with Gasteiger partial charge in [-0.05, 0) is 29.5 Å². The van der Waals surface area contributed by atoms with Crippen molar-refractivity contribution in [1.29, 1.82) is 0 Å². The van der Waals surface area contributed by atoms with E-state index in [4.69, 9.17) is 5.11 Å². The first-order valence-corrected chi connectivity index (χ1v) is 6.86. The Morgan fingerprint density at radius 1 is 1.26 bits per heavy atom. The third-order valence-electron chi connectivity index (χ3n) is 3.47. The van der Waals surface area contributed by atoms with E-state index in [0.717, 1.165) is 10.0 Å². The molecule has 0 bridgehead atoms. The van der Waals surface area contributed by atoms with Gasteiger partial charge in [-0.3, -0.25) is 0 Å². The lowest BCUT2D eigenvalue weighted by molar-refractivity contribution is 0.0586. The Hall–Kier alpha value is -1.07. The molecule has 0 aliphatic carbocycles. The predicted molar refractivity (Wildman–Crippen MR) is 78.3 cm³/mol. The molecule has 5 heteroatoms. The van der Waals surface area contributed by atoms with E-state index in [1.54, 1.807) is 0 Å². The van der Waals surface area contributed by atoms with E-state index >= 15 is 0 Å². The van der Waals surface area contributed by atoms with Gasteiger partial charge in [0.1, 0.15) is 0 Å². The smallest absolute Gasteiger partial charge is 0.405 e. The monoisotopic (exact) mass is 329 g/mol. The Balaban J connectivity index is 3.09. The topological polar surface area (TPSA) is 69.6 Å². The van der Waals surface area contributed by atoms with E-state index in [1.165, 1.54) is 0 Å². The lowest BCUT2D eigenvalue weighted by atomic mass is 9.70. The van der Waals surface area contributed by atoms with Gasteiger partial charge in [0.25, 0.3) is 0 Å². The molecule has 3 N–H and O–H groups in total. The molecule has 0 heterocycles. The maximum absolute atomic E-state index is 11.0. The molecule has 1 aromatic rings. The van der Waals surface area contributed by atoms with Gasteiger partial charge in [-0.2, -0.15) is 0 Å². The maximum atomic E-state index is 11.0. The molecule has 4 nitrogen and oxygen atoms in total. The van der Waals surface area contributed by atoms with Crippen LogP contribution in [-0.2, 0) is 6.42 Å². The van der Waals surface area contributed by atoms with Crippen molar-refractivity contribution in [3.8, 4) is 0 Å². The highest BCUT2D eigenvalue weighted by atomic mass is 79.9. The lowest BCUT2D eigenvalue weighted by Crippen LogP contribution is -2.60. The van der Waals surface area contributed by atoms with Crippen molar-refractivity contribution in [1.82, 2.24) is 5.32 Å². The van der Waals surface area contributed by atoms with Crippen molar-refractivity contribution in [3.05, 3.63) is 34.3 Å².